The van der Waals surface area contributed by atoms with Crippen molar-refractivity contribution in [2.75, 3.05) is 5.32 Å². The topological polar surface area (TPSA) is 135 Å². The van der Waals surface area contributed by atoms with Crippen LogP contribution in [0.2, 0.25) is 0 Å². The number of carbonyl (C=O) groups excluding carboxylic acids is 2. The lowest BCUT2D eigenvalue weighted by atomic mass is 10.1. The molecule has 1 aromatic heterocycles. The van der Waals surface area contributed by atoms with Crippen LogP contribution in [0.3, 0.4) is 0 Å². The number of hydrogen-bond acceptors (Lipinski definition) is 7. The van der Waals surface area contributed by atoms with Crippen LogP contribution in [0.5, 0.6) is 0 Å². The molecule has 1 aromatic rings. The van der Waals surface area contributed by atoms with E-state index in [9.17, 15) is 19.8 Å². The number of thiazole rings is 1. The molecule has 0 aliphatic carbocycles. The highest BCUT2D eigenvalue weighted by Crippen LogP contribution is 2.27. The number of hydrogen-bond donors (Lipinski definition) is 4. The van der Waals surface area contributed by atoms with Crippen molar-refractivity contribution >= 4 is 28.5 Å². The van der Waals surface area contributed by atoms with Gasteiger partial charge in [0.05, 0.1) is 17.4 Å². The number of nitrogens with two attached hydrogens (primary N) is 1. The number of amides is 2. The minimum atomic E-state index is -1.32. The predicted octanol–water partition coefficient (Wildman–Crippen LogP) is 0.760. The van der Waals surface area contributed by atoms with E-state index in [1.54, 1.807) is 20.8 Å². The van der Waals surface area contributed by atoms with Gasteiger partial charge < -0.3 is 20.7 Å². The molecule has 0 aliphatic heterocycles. The van der Waals surface area contributed by atoms with Crippen LogP contribution in [0.1, 0.15) is 38.2 Å². The van der Waals surface area contributed by atoms with E-state index in [2.05, 4.69) is 10.3 Å². The summed E-state index contributed by atoms with van der Waals surface area (Å²) in [7, 11) is 0. The molecule has 2 unspecified atom stereocenters. The molecule has 2 atom stereocenters. The maximum Gasteiger partial charge on any atom is 0.413 e. The number of anilines is 1. The summed E-state index contributed by atoms with van der Waals surface area (Å²) in [6, 6.07) is 0. The van der Waals surface area contributed by atoms with Crippen LogP contribution in [0.15, 0.2) is 6.20 Å². The highest BCUT2D eigenvalue weighted by molar-refractivity contribution is 7.15. The first-order valence-corrected chi connectivity index (χ1v) is 7.00. The zero-order chi connectivity index (χ0) is 16.2. The van der Waals surface area contributed by atoms with Crippen molar-refractivity contribution in [3.8, 4) is 0 Å². The molecule has 0 fully saturated rings. The van der Waals surface area contributed by atoms with E-state index < -0.39 is 29.8 Å². The Morgan fingerprint density at radius 1 is 1.48 bits per heavy atom. The molecule has 5 N–H and O–H groups in total. The number of primary amides is 1. The van der Waals surface area contributed by atoms with Gasteiger partial charge in [0.2, 0.25) is 5.91 Å². The number of ether oxygens (including phenoxy) is 1. The average molecular weight is 317 g/mol. The molecule has 1 heterocycles. The van der Waals surface area contributed by atoms with Crippen molar-refractivity contribution in [2.45, 2.75) is 45.0 Å². The largest absolute Gasteiger partial charge is 0.444 e. The summed E-state index contributed by atoms with van der Waals surface area (Å²) in [5.41, 5.74) is 4.31. The molecule has 118 valence electrons. The fraction of sp³-hybridized carbons (Fsp3) is 0.583. The second-order valence-corrected chi connectivity index (χ2v) is 6.44. The predicted molar refractivity (Wildman–Crippen MR) is 76.7 cm³/mol. The van der Waals surface area contributed by atoms with Gasteiger partial charge in [0.15, 0.2) is 5.13 Å². The number of nitrogens with one attached hydrogen (secondary N) is 1. The fourth-order valence-corrected chi connectivity index (χ4v) is 2.23. The van der Waals surface area contributed by atoms with E-state index in [0.29, 0.717) is 4.88 Å². The Hall–Kier alpha value is -1.71. The molecule has 0 spiro atoms. The average Bonchev–Trinajstić information content (AvgIpc) is 2.72. The standard InChI is InChI=1S/C12H19N3O5S/c1-12(2,3)20-11(19)15-10-14-5-7(21-10)9(18)6(16)4-8(13)17/h5-6,9,16,18H,4H2,1-3H3,(H2,13,17)(H,14,15,19). The van der Waals surface area contributed by atoms with Crippen molar-refractivity contribution in [2.24, 2.45) is 5.73 Å². The maximum atomic E-state index is 11.5. The second-order valence-electron chi connectivity index (χ2n) is 5.38. The Balaban J connectivity index is 2.64. The Morgan fingerprint density at radius 2 is 2.10 bits per heavy atom. The van der Waals surface area contributed by atoms with Crippen LogP contribution in [-0.4, -0.2) is 38.9 Å². The number of aliphatic hydroxyl groups is 2. The third-order valence-electron chi connectivity index (χ3n) is 2.20. The zero-order valence-corrected chi connectivity index (χ0v) is 12.8. The van der Waals surface area contributed by atoms with Crippen molar-refractivity contribution < 1.29 is 24.5 Å². The van der Waals surface area contributed by atoms with Gasteiger partial charge >= 0.3 is 6.09 Å². The number of carbonyl (C=O) groups is 2. The monoisotopic (exact) mass is 317 g/mol. The SMILES string of the molecule is CC(C)(C)OC(=O)Nc1ncc(C(O)C(O)CC(N)=O)s1. The fourth-order valence-electron chi connectivity index (χ4n) is 1.38. The van der Waals surface area contributed by atoms with Gasteiger partial charge in [-0.2, -0.15) is 0 Å². The Bertz CT molecular complexity index is 511. The molecule has 0 aliphatic rings. The summed E-state index contributed by atoms with van der Waals surface area (Å²) in [4.78, 5) is 26.4. The Morgan fingerprint density at radius 3 is 2.62 bits per heavy atom. The summed E-state index contributed by atoms with van der Waals surface area (Å²) in [5.74, 6) is -0.724. The van der Waals surface area contributed by atoms with Crippen LogP contribution in [0.4, 0.5) is 9.93 Å². The van der Waals surface area contributed by atoms with E-state index in [1.165, 1.54) is 6.20 Å². The second kappa shape index (κ2) is 6.83. The smallest absolute Gasteiger partial charge is 0.413 e. The highest BCUT2D eigenvalue weighted by Gasteiger charge is 2.23. The first kappa shape index (κ1) is 17.3. The highest BCUT2D eigenvalue weighted by atomic mass is 32.1. The minimum absolute atomic E-state index is 0.213. The number of aromatic nitrogens is 1. The molecule has 0 aromatic carbocycles. The zero-order valence-electron chi connectivity index (χ0n) is 12.0. The molecule has 0 radical (unpaired) electrons. The van der Waals surface area contributed by atoms with E-state index >= 15 is 0 Å². The van der Waals surface area contributed by atoms with Gasteiger partial charge in [-0.15, -0.1) is 0 Å². The quantitative estimate of drug-likeness (QED) is 0.633. The summed E-state index contributed by atoms with van der Waals surface area (Å²) in [6.45, 7) is 5.18. The summed E-state index contributed by atoms with van der Waals surface area (Å²) >= 11 is 0.966. The summed E-state index contributed by atoms with van der Waals surface area (Å²) in [6.07, 6.45) is -2.36. The third kappa shape index (κ3) is 6.06. The number of rotatable bonds is 5. The molecule has 0 saturated heterocycles. The minimum Gasteiger partial charge on any atom is -0.444 e. The molecule has 0 saturated carbocycles. The lowest BCUT2D eigenvalue weighted by Gasteiger charge is -2.18. The molecule has 0 bridgehead atoms. The van der Waals surface area contributed by atoms with Crippen molar-refractivity contribution in [1.82, 2.24) is 4.98 Å². The van der Waals surface area contributed by atoms with E-state index in [-0.39, 0.29) is 11.6 Å². The van der Waals surface area contributed by atoms with Gasteiger partial charge in [-0.1, -0.05) is 11.3 Å². The number of aliphatic hydroxyl groups excluding tert-OH is 2. The Kier molecular flexibility index (Phi) is 5.64. The first-order chi connectivity index (χ1) is 9.58. The van der Waals surface area contributed by atoms with Crippen LogP contribution < -0.4 is 11.1 Å². The summed E-state index contributed by atoms with van der Waals surface area (Å²) in [5, 5.41) is 22.1. The van der Waals surface area contributed by atoms with Crippen molar-refractivity contribution in [3.05, 3.63) is 11.1 Å². The normalized spacial score (nSPS) is 14.3. The molecule has 2 amide bonds. The lowest BCUT2D eigenvalue weighted by molar-refractivity contribution is -0.121. The van der Waals surface area contributed by atoms with Crippen molar-refractivity contribution in [3.63, 3.8) is 0 Å². The molecule has 21 heavy (non-hydrogen) atoms. The van der Waals surface area contributed by atoms with Gasteiger partial charge in [0, 0.05) is 6.20 Å². The van der Waals surface area contributed by atoms with Crippen LogP contribution in [0.25, 0.3) is 0 Å². The van der Waals surface area contributed by atoms with Crippen molar-refractivity contribution in [1.29, 1.82) is 0 Å². The van der Waals surface area contributed by atoms with E-state index in [0.717, 1.165) is 11.3 Å². The van der Waals surface area contributed by atoms with E-state index in [1.807, 2.05) is 0 Å². The molecular formula is C12H19N3O5S. The molecule has 1 rings (SSSR count). The van der Waals surface area contributed by atoms with Gasteiger partial charge in [0.25, 0.3) is 0 Å². The van der Waals surface area contributed by atoms with Gasteiger partial charge in [-0.05, 0) is 20.8 Å². The lowest BCUT2D eigenvalue weighted by Crippen LogP contribution is -2.27. The van der Waals surface area contributed by atoms with Gasteiger partial charge in [0.1, 0.15) is 11.7 Å². The molecular weight excluding hydrogens is 298 g/mol. The maximum absolute atomic E-state index is 11.5. The third-order valence-corrected chi connectivity index (χ3v) is 3.18. The molecule has 8 nitrogen and oxygen atoms in total. The Labute approximate surface area is 125 Å². The van der Waals surface area contributed by atoms with Gasteiger partial charge in [-0.3, -0.25) is 10.1 Å². The molecule has 9 heteroatoms. The first-order valence-electron chi connectivity index (χ1n) is 6.18. The van der Waals surface area contributed by atoms with Crippen LogP contribution >= 0.6 is 11.3 Å². The van der Waals surface area contributed by atoms with Crippen LogP contribution in [-0.2, 0) is 9.53 Å². The van der Waals surface area contributed by atoms with Crippen LogP contribution in [0, 0.1) is 0 Å². The number of nitrogens with zero attached hydrogens (tertiary/aromatic N) is 1. The summed E-state index contributed by atoms with van der Waals surface area (Å²) < 4.78 is 5.06. The van der Waals surface area contributed by atoms with Gasteiger partial charge in [-0.25, -0.2) is 9.78 Å². The van der Waals surface area contributed by atoms with E-state index in [4.69, 9.17) is 10.5 Å².